The molecule has 2 atom stereocenters. The van der Waals surface area contributed by atoms with Gasteiger partial charge in [-0.25, -0.2) is 4.98 Å². The summed E-state index contributed by atoms with van der Waals surface area (Å²) in [5.41, 5.74) is 0.801. The minimum Gasteiger partial charge on any atom is -0.483 e. The lowest BCUT2D eigenvalue weighted by Crippen LogP contribution is -2.38. The van der Waals surface area contributed by atoms with Crippen LogP contribution in [0.2, 0.25) is 5.02 Å². The number of nitrogens with zero attached hydrogens (tertiary/aromatic N) is 1. The fraction of sp³-hybridized carbons (Fsp3) is 0.211. The van der Waals surface area contributed by atoms with Crippen molar-refractivity contribution in [2.75, 3.05) is 6.26 Å². The molecule has 2 aromatic carbocycles. The van der Waals surface area contributed by atoms with Crippen molar-refractivity contribution in [1.82, 2.24) is 4.98 Å². The molecule has 146 valence electrons. The Kier molecular flexibility index (Phi) is 6.56. The third-order valence-corrected chi connectivity index (χ3v) is 5.52. The van der Waals surface area contributed by atoms with Crippen LogP contribution in [-0.4, -0.2) is 39.5 Å². The number of ketones is 1. The van der Waals surface area contributed by atoms with Gasteiger partial charge in [0.2, 0.25) is 10.9 Å². The van der Waals surface area contributed by atoms with Gasteiger partial charge in [-0.05, 0) is 55.6 Å². The minimum absolute atomic E-state index is 0.410. The molecule has 0 fully saturated rings. The minimum atomic E-state index is -1.69. The third kappa shape index (κ3) is 4.82. The number of ether oxygens (including phenoxy) is 2. The molecule has 0 aliphatic heterocycles. The number of aliphatic hydroxyl groups is 1. The van der Waals surface area contributed by atoms with Gasteiger partial charge < -0.3 is 14.6 Å². The van der Waals surface area contributed by atoms with E-state index in [2.05, 4.69) is 4.98 Å². The monoisotopic (exact) mass is 437 g/mol. The number of thioether (sulfide) groups is 1. The molecule has 9 heteroatoms. The van der Waals surface area contributed by atoms with Crippen molar-refractivity contribution in [1.29, 1.82) is 0 Å². The lowest BCUT2D eigenvalue weighted by Gasteiger charge is -2.16. The molecular weight excluding hydrogens is 422 g/mol. The number of hydrogen-bond acceptors (Lipinski definition) is 8. The van der Waals surface area contributed by atoms with E-state index in [9.17, 15) is 14.7 Å². The highest BCUT2D eigenvalue weighted by molar-refractivity contribution is 8.13. The maximum absolute atomic E-state index is 12.0. The SMILES string of the molecule is CSC(=O)C(O)C(=O)C(C)Oc1ccc(Oc2nc3ccc(Cl)cc3s2)cc1. The molecule has 3 rings (SSSR count). The summed E-state index contributed by atoms with van der Waals surface area (Å²) in [6, 6.07) is 12.0. The second-order valence-corrected chi connectivity index (χ2v) is 7.99. The van der Waals surface area contributed by atoms with Gasteiger partial charge in [0.05, 0.1) is 10.2 Å². The van der Waals surface area contributed by atoms with Crippen molar-refractivity contribution < 1.29 is 24.2 Å². The first-order chi connectivity index (χ1) is 13.4. The van der Waals surface area contributed by atoms with E-state index < -0.39 is 23.1 Å². The first-order valence-corrected chi connectivity index (χ1v) is 10.6. The zero-order chi connectivity index (χ0) is 20.3. The van der Waals surface area contributed by atoms with Gasteiger partial charge in [-0.15, -0.1) is 0 Å². The first kappa shape index (κ1) is 20.6. The molecule has 0 saturated heterocycles. The molecule has 0 spiro atoms. The van der Waals surface area contributed by atoms with E-state index >= 15 is 0 Å². The Hall–Kier alpha value is -2.13. The Morgan fingerprint density at radius 3 is 2.54 bits per heavy atom. The zero-order valence-corrected chi connectivity index (χ0v) is 17.3. The standard InChI is InChI=1S/C19H16ClNO5S2/c1-10(16(22)17(23)18(24)27-2)25-12-4-6-13(7-5-12)26-19-21-14-8-3-11(20)9-15(14)28-19/h3-10,17,23H,1-2H3. The number of fused-ring (bicyclic) bond motifs is 1. The van der Waals surface area contributed by atoms with E-state index in [1.54, 1.807) is 30.3 Å². The Bertz CT molecular complexity index is 1010. The molecule has 1 heterocycles. The van der Waals surface area contributed by atoms with Crippen LogP contribution in [0.1, 0.15) is 6.92 Å². The van der Waals surface area contributed by atoms with Gasteiger partial charge in [0.15, 0.2) is 12.2 Å². The van der Waals surface area contributed by atoms with Crippen molar-refractivity contribution >= 4 is 55.8 Å². The summed E-state index contributed by atoms with van der Waals surface area (Å²) >= 11 is 8.15. The van der Waals surface area contributed by atoms with E-state index in [1.165, 1.54) is 24.5 Å². The molecule has 0 bridgehead atoms. The Labute approximate surface area is 174 Å². The number of halogens is 1. The van der Waals surface area contributed by atoms with E-state index in [-0.39, 0.29) is 0 Å². The fourth-order valence-electron chi connectivity index (χ4n) is 2.32. The maximum atomic E-state index is 12.0. The van der Waals surface area contributed by atoms with Crippen LogP contribution < -0.4 is 9.47 Å². The van der Waals surface area contributed by atoms with Crippen LogP contribution in [-0.2, 0) is 9.59 Å². The van der Waals surface area contributed by atoms with Crippen molar-refractivity contribution in [3.8, 4) is 16.7 Å². The lowest BCUT2D eigenvalue weighted by molar-refractivity contribution is -0.138. The molecule has 6 nitrogen and oxygen atoms in total. The normalized spacial score (nSPS) is 13.1. The molecular formula is C19H16ClNO5S2. The second kappa shape index (κ2) is 8.91. The number of hydrogen-bond donors (Lipinski definition) is 1. The number of carbonyl (C=O) groups excluding carboxylic acids is 2. The number of thiazole rings is 1. The zero-order valence-electron chi connectivity index (χ0n) is 14.9. The highest BCUT2D eigenvalue weighted by Gasteiger charge is 2.28. The van der Waals surface area contributed by atoms with Crippen LogP contribution in [0.3, 0.4) is 0 Å². The van der Waals surface area contributed by atoms with Gasteiger partial charge in [-0.1, -0.05) is 34.7 Å². The molecule has 3 aromatic rings. The average molecular weight is 438 g/mol. The predicted molar refractivity (Wildman–Crippen MR) is 111 cm³/mol. The largest absolute Gasteiger partial charge is 0.483 e. The van der Waals surface area contributed by atoms with Crippen molar-refractivity contribution in [2.24, 2.45) is 0 Å². The Morgan fingerprint density at radius 1 is 1.18 bits per heavy atom. The van der Waals surface area contributed by atoms with Crippen LogP contribution in [0.25, 0.3) is 10.2 Å². The predicted octanol–water partition coefficient (Wildman–Crippen LogP) is 4.33. The van der Waals surface area contributed by atoms with Crippen LogP contribution in [0.5, 0.6) is 16.7 Å². The quantitative estimate of drug-likeness (QED) is 0.550. The first-order valence-electron chi connectivity index (χ1n) is 8.17. The van der Waals surface area contributed by atoms with Crippen molar-refractivity contribution in [2.45, 2.75) is 19.1 Å². The van der Waals surface area contributed by atoms with E-state index in [1.807, 2.05) is 12.1 Å². The average Bonchev–Trinajstić information content (AvgIpc) is 3.08. The number of aromatic nitrogens is 1. The molecule has 1 aromatic heterocycles. The summed E-state index contributed by atoms with van der Waals surface area (Å²) in [5.74, 6) is 0.273. The molecule has 0 amide bonds. The van der Waals surface area contributed by atoms with Gasteiger partial charge in [0, 0.05) is 5.02 Å². The molecule has 28 heavy (non-hydrogen) atoms. The van der Waals surface area contributed by atoms with Gasteiger partial charge in [-0.2, -0.15) is 0 Å². The van der Waals surface area contributed by atoms with E-state index in [0.29, 0.717) is 21.7 Å². The van der Waals surface area contributed by atoms with Gasteiger partial charge in [-0.3, -0.25) is 9.59 Å². The molecule has 0 radical (unpaired) electrons. The summed E-state index contributed by atoms with van der Waals surface area (Å²) in [5, 5.41) is 10.2. The molecule has 0 saturated carbocycles. The molecule has 0 aliphatic rings. The third-order valence-electron chi connectivity index (χ3n) is 3.77. The summed E-state index contributed by atoms with van der Waals surface area (Å²) in [4.78, 5) is 27.8. The summed E-state index contributed by atoms with van der Waals surface area (Å²) in [6.45, 7) is 1.48. The smallest absolute Gasteiger partial charge is 0.279 e. The fourth-order valence-corrected chi connectivity index (χ4v) is 3.77. The number of benzene rings is 2. The van der Waals surface area contributed by atoms with Crippen LogP contribution >= 0.6 is 34.7 Å². The molecule has 0 aliphatic carbocycles. The second-order valence-electron chi connectivity index (χ2n) is 5.75. The summed E-state index contributed by atoms with van der Waals surface area (Å²) in [6.07, 6.45) is -1.16. The van der Waals surface area contributed by atoms with Crippen molar-refractivity contribution in [3.05, 3.63) is 47.5 Å². The van der Waals surface area contributed by atoms with Crippen LogP contribution in [0.15, 0.2) is 42.5 Å². The highest BCUT2D eigenvalue weighted by Crippen LogP contribution is 2.33. The van der Waals surface area contributed by atoms with Crippen molar-refractivity contribution in [3.63, 3.8) is 0 Å². The number of Topliss-reactive ketones (excluding diaryl/α,β-unsaturated/α-hetero) is 1. The summed E-state index contributed by atoms with van der Waals surface area (Å²) < 4.78 is 12.2. The topological polar surface area (TPSA) is 85.7 Å². The Morgan fingerprint density at radius 2 is 1.86 bits per heavy atom. The molecule has 2 unspecified atom stereocenters. The van der Waals surface area contributed by atoms with Crippen LogP contribution in [0.4, 0.5) is 0 Å². The van der Waals surface area contributed by atoms with Gasteiger partial charge in [0.1, 0.15) is 11.5 Å². The van der Waals surface area contributed by atoms with Crippen LogP contribution in [0, 0.1) is 0 Å². The number of carbonyl (C=O) groups is 2. The highest BCUT2D eigenvalue weighted by atomic mass is 35.5. The lowest BCUT2D eigenvalue weighted by atomic mass is 10.1. The van der Waals surface area contributed by atoms with Gasteiger partial charge >= 0.3 is 0 Å². The number of rotatable bonds is 7. The summed E-state index contributed by atoms with van der Waals surface area (Å²) in [7, 11) is 0. The molecule has 1 N–H and O–H groups in total. The van der Waals surface area contributed by atoms with E-state index in [4.69, 9.17) is 21.1 Å². The van der Waals surface area contributed by atoms with Gasteiger partial charge in [0.25, 0.3) is 5.19 Å². The van der Waals surface area contributed by atoms with E-state index in [0.717, 1.165) is 22.0 Å². The number of aliphatic hydroxyl groups excluding tert-OH is 1. The maximum Gasteiger partial charge on any atom is 0.279 e. The Balaban J connectivity index is 1.64.